The largest absolute Gasteiger partial charge is 0.351 e. The van der Waals surface area contributed by atoms with Gasteiger partial charge in [0.25, 0.3) is 11.8 Å². The molecule has 0 radical (unpaired) electrons. The lowest BCUT2D eigenvalue weighted by atomic mass is 10.1. The summed E-state index contributed by atoms with van der Waals surface area (Å²) >= 11 is 4.04. The van der Waals surface area contributed by atoms with Crippen molar-refractivity contribution in [3.8, 4) is 0 Å². The number of thiol groups is 1. The molecule has 0 saturated carbocycles. The van der Waals surface area contributed by atoms with Gasteiger partial charge in [0.05, 0.1) is 0 Å². The van der Waals surface area contributed by atoms with Gasteiger partial charge in [0.1, 0.15) is 0 Å². The molecule has 0 aromatic heterocycles. The van der Waals surface area contributed by atoms with E-state index in [2.05, 4.69) is 23.3 Å². The number of anilines is 1. The van der Waals surface area contributed by atoms with Crippen molar-refractivity contribution in [1.82, 2.24) is 5.32 Å². The number of carbonyl (C=O) groups is 2. The average Bonchev–Trinajstić information content (AvgIpc) is 2.53. The minimum atomic E-state index is -0.245. The molecule has 2 aromatic carbocycles. The molecule has 0 bridgehead atoms. The number of rotatable bonds is 5. The van der Waals surface area contributed by atoms with Crippen molar-refractivity contribution >= 4 is 30.1 Å². The Morgan fingerprint density at radius 3 is 2.24 bits per heavy atom. The Kier molecular flexibility index (Phi) is 5.40. The highest BCUT2D eigenvalue weighted by Crippen LogP contribution is 2.10. The Hall–Kier alpha value is -2.27. The zero-order valence-electron chi connectivity index (χ0n) is 11.4. The van der Waals surface area contributed by atoms with E-state index in [1.807, 2.05) is 18.2 Å². The smallest absolute Gasteiger partial charge is 0.255 e. The van der Waals surface area contributed by atoms with Crippen LogP contribution in [-0.2, 0) is 0 Å². The first kappa shape index (κ1) is 15.1. The molecule has 0 atom stereocenters. The molecule has 4 nitrogen and oxygen atoms in total. The standard InChI is InChI=1S/C16H16N2O2S/c19-15(17-9-10-21)12-5-4-6-13(11-12)16(20)18-14-7-2-1-3-8-14/h1-8,11,21H,9-10H2,(H,17,19)(H,18,20). The fourth-order valence-corrected chi connectivity index (χ4v) is 1.91. The molecule has 2 rings (SSSR count). The topological polar surface area (TPSA) is 58.2 Å². The van der Waals surface area contributed by atoms with E-state index >= 15 is 0 Å². The van der Waals surface area contributed by atoms with Crippen molar-refractivity contribution < 1.29 is 9.59 Å². The van der Waals surface area contributed by atoms with Crippen LogP contribution < -0.4 is 10.6 Å². The summed E-state index contributed by atoms with van der Waals surface area (Å²) in [6, 6.07) is 15.8. The van der Waals surface area contributed by atoms with E-state index in [1.54, 1.807) is 36.4 Å². The molecule has 0 heterocycles. The zero-order valence-corrected chi connectivity index (χ0v) is 12.3. The lowest BCUT2D eigenvalue weighted by Gasteiger charge is -2.07. The quantitative estimate of drug-likeness (QED) is 0.743. The van der Waals surface area contributed by atoms with E-state index < -0.39 is 0 Å². The normalized spacial score (nSPS) is 9.95. The highest BCUT2D eigenvalue weighted by atomic mass is 32.1. The molecule has 108 valence electrons. The van der Waals surface area contributed by atoms with Crippen molar-refractivity contribution in [2.75, 3.05) is 17.6 Å². The van der Waals surface area contributed by atoms with Crippen LogP contribution in [0.5, 0.6) is 0 Å². The fourth-order valence-electron chi connectivity index (χ4n) is 1.80. The summed E-state index contributed by atoms with van der Waals surface area (Å²) in [4.78, 5) is 24.0. The average molecular weight is 300 g/mol. The number of amides is 2. The van der Waals surface area contributed by atoms with Gasteiger partial charge in [-0.25, -0.2) is 0 Å². The van der Waals surface area contributed by atoms with E-state index in [0.717, 1.165) is 0 Å². The minimum Gasteiger partial charge on any atom is -0.351 e. The van der Waals surface area contributed by atoms with Gasteiger partial charge in [0.2, 0.25) is 0 Å². The van der Waals surface area contributed by atoms with Crippen LogP contribution in [0, 0.1) is 0 Å². The molecular formula is C16H16N2O2S. The van der Waals surface area contributed by atoms with E-state index in [4.69, 9.17) is 0 Å². The molecule has 2 N–H and O–H groups in total. The number of nitrogens with one attached hydrogen (secondary N) is 2. The Bertz CT molecular complexity index is 629. The van der Waals surface area contributed by atoms with Gasteiger partial charge in [-0.3, -0.25) is 9.59 Å². The van der Waals surface area contributed by atoms with Crippen molar-refractivity contribution in [2.24, 2.45) is 0 Å². The van der Waals surface area contributed by atoms with E-state index in [0.29, 0.717) is 29.1 Å². The maximum Gasteiger partial charge on any atom is 0.255 e. The first-order valence-corrected chi connectivity index (χ1v) is 7.19. The maximum atomic E-state index is 12.1. The van der Waals surface area contributed by atoms with Crippen molar-refractivity contribution in [3.63, 3.8) is 0 Å². The first-order chi connectivity index (χ1) is 10.2. The van der Waals surface area contributed by atoms with Crippen molar-refractivity contribution in [2.45, 2.75) is 0 Å². The number of hydrogen-bond donors (Lipinski definition) is 3. The van der Waals surface area contributed by atoms with Gasteiger partial charge in [-0.2, -0.15) is 12.6 Å². The Morgan fingerprint density at radius 2 is 1.57 bits per heavy atom. The van der Waals surface area contributed by atoms with Crippen LogP contribution >= 0.6 is 12.6 Å². The summed E-state index contributed by atoms with van der Waals surface area (Å²) in [7, 11) is 0. The summed E-state index contributed by atoms with van der Waals surface area (Å²) in [5.74, 6) is 0.114. The van der Waals surface area contributed by atoms with Gasteiger partial charge in [-0.1, -0.05) is 24.3 Å². The minimum absolute atomic E-state index is 0.210. The fraction of sp³-hybridized carbons (Fsp3) is 0.125. The molecule has 0 spiro atoms. The van der Waals surface area contributed by atoms with Gasteiger partial charge in [0, 0.05) is 29.1 Å². The van der Waals surface area contributed by atoms with Gasteiger partial charge in [-0.05, 0) is 30.3 Å². The van der Waals surface area contributed by atoms with Gasteiger partial charge in [-0.15, -0.1) is 0 Å². The number of para-hydroxylation sites is 1. The third-order valence-electron chi connectivity index (χ3n) is 2.82. The second-order valence-electron chi connectivity index (χ2n) is 4.38. The Balaban J connectivity index is 2.10. The van der Waals surface area contributed by atoms with Crippen LogP contribution in [0.25, 0.3) is 0 Å². The molecule has 0 fully saturated rings. The summed E-state index contributed by atoms with van der Waals surface area (Å²) < 4.78 is 0. The van der Waals surface area contributed by atoms with E-state index in [9.17, 15) is 9.59 Å². The highest BCUT2D eigenvalue weighted by molar-refractivity contribution is 7.80. The van der Waals surface area contributed by atoms with Crippen LogP contribution in [-0.4, -0.2) is 24.1 Å². The molecular weight excluding hydrogens is 284 g/mol. The Morgan fingerprint density at radius 1 is 0.905 bits per heavy atom. The number of carbonyl (C=O) groups excluding carboxylic acids is 2. The van der Waals surface area contributed by atoms with Crippen LogP contribution in [0.4, 0.5) is 5.69 Å². The summed E-state index contributed by atoms with van der Waals surface area (Å²) in [5, 5.41) is 5.50. The van der Waals surface area contributed by atoms with Crippen molar-refractivity contribution in [3.05, 3.63) is 65.7 Å². The third-order valence-corrected chi connectivity index (χ3v) is 3.04. The van der Waals surface area contributed by atoms with Crippen molar-refractivity contribution in [1.29, 1.82) is 0 Å². The summed E-state index contributed by atoms with van der Waals surface area (Å²) in [6.07, 6.45) is 0. The molecule has 0 aliphatic carbocycles. The van der Waals surface area contributed by atoms with Crippen LogP contribution in [0.15, 0.2) is 54.6 Å². The highest BCUT2D eigenvalue weighted by Gasteiger charge is 2.10. The van der Waals surface area contributed by atoms with Gasteiger partial charge >= 0.3 is 0 Å². The molecule has 2 amide bonds. The van der Waals surface area contributed by atoms with E-state index in [-0.39, 0.29) is 11.8 Å². The predicted octanol–water partition coefficient (Wildman–Crippen LogP) is 2.60. The molecule has 0 saturated heterocycles. The third kappa shape index (κ3) is 4.36. The van der Waals surface area contributed by atoms with Gasteiger partial charge < -0.3 is 10.6 Å². The lowest BCUT2D eigenvalue weighted by molar-refractivity contribution is 0.0956. The molecule has 5 heteroatoms. The van der Waals surface area contributed by atoms with Crippen LogP contribution in [0.1, 0.15) is 20.7 Å². The summed E-state index contributed by atoms with van der Waals surface area (Å²) in [5.41, 5.74) is 1.61. The molecule has 0 aliphatic heterocycles. The molecule has 0 aliphatic rings. The van der Waals surface area contributed by atoms with Gasteiger partial charge in [0.15, 0.2) is 0 Å². The first-order valence-electron chi connectivity index (χ1n) is 6.56. The van der Waals surface area contributed by atoms with Crippen LogP contribution in [0.2, 0.25) is 0 Å². The number of benzene rings is 2. The molecule has 2 aromatic rings. The Labute approximate surface area is 129 Å². The molecule has 21 heavy (non-hydrogen) atoms. The van der Waals surface area contributed by atoms with Crippen LogP contribution in [0.3, 0.4) is 0 Å². The number of hydrogen-bond acceptors (Lipinski definition) is 3. The SMILES string of the molecule is O=C(NCCS)c1cccc(C(=O)Nc2ccccc2)c1. The maximum absolute atomic E-state index is 12.1. The monoisotopic (exact) mass is 300 g/mol. The second-order valence-corrected chi connectivity index (χ2v) is 4.83. The molecule has 0 unspecified atom stereocenters. The lowest BCUT2D eigenvalue weighted by Crippen LogP contribution is -2.25. The predicted molar refractivity (Wildman–Crippen MR) is 87.0 cm³/mol. The second kappa shape index (κ2) is 7.50. The zero-order chi connectivity index (χ0) is 15.1. The van der Waals surface area contributed by atoms with E-state index in [1.165, 1.54) is 0 Å². The summed E-state index contributed by atoms with van der Waals surface area (Å²) in [6.45, 7) is 0.488.